The van der Waals surface area contributed by atoms with Gasteiger partial charge in [-0.15, -0.1) is 0 Å². The number of furan rings is 1. The van der Waals surface area contributed by atoms with Crippen LogP contribution in [0.15, 0.2) is 47.1 Å². The molecular formula is C27H30N2O7S. The lowest BCUT2D eigenvalue weighted by atomic mass is 10.1. The third kappa shape index (κ3) is 5.43. The molecular weight excluding hydrogens is 496 g/mol. The first kappa shape index (κ1) is 26.2. The molecule has 0 spiro atoms. The highest BCUT2D eigenvalue weighted by molar-refractivity contribution is 7.22. The highest BCUT2D eigenvalue weighted by Crippen LogP contribution is 2.42. The van der Waals surface area contributed by atoms with Crippen molar-refractivity contribution in [3.63, 3.8) is 0 Å². The number of nitrogens with zero attached hydrogens (tertiary/aromatic N) is 2. The summed E-state index contributed by atoms with van der Waals surface area (Å²) in [7, 11) is 3.17. The fourth-order valence-electron chi connectivity index (χ4n) is 3.84. The van der Waals surface area contributed by atoms with Gasteiger partial charge >= 0.3 is 0 Å². The van der Waals surface area contributed by atoms with E-state index < -0.39 is 0 Å². The first-order chi connectivity index (χ1) is 18.0. The number of thiazole rings is 1. The Morgan fingerprint density at radius 3 is 2.14 bits per heavy atom. The van der Waals surface area contributed by atoms with Crippen molar-refractivity contribution in [1.82, 2.24) is 4.98 Å². The number of fused-ring (bicyclic) bond motifs is 1. The van der Waals surface area contributed by atoms with Crippen molar-refractivity contribution in [2.24, 2.45) is 0 Å². The molecule has 0 aliphatic heterocycles. The van der Waals surface area contributed by atoms with Gasteiger partial charge in [-0.05, 0) is 57.2 Å². The Labute approximate surface area is 219 Å². The molecule has 0 fully saturated rings. The van der Waals surface area contributed by atoms with Gasteiger partial charge in [0.2, 0.25) is 5.75 Å². The van der Waals surface area contributed by atoms with Crippen LogP contribution in [0.25, 0.3) is 10.2 Å². The molecule has 0 saturated heterocycles. The van der Waals surface area contributed by atoms with E-state index in [9.17, 15) is 4.79 Å². The monoisotopic (exact) mass is 526 g/mol. The van der Waals surface area contributed by atoms with Crippen molar-refractivity contribution in [2.45, 2.75) is 27.3 Å². The minimum atomic E-state index is -0.307. The van der Waals surface area contributed by atoms with E-state index in [1.807, 2.05) is 32.9 Å². The lowest BCUT2D eigenvalue weighted by Crippen LogP contribution is -2.30. The van der Waals surface area contributed by atoms with Crippen LogP contribution >= 0.6 is 11.3 Å². The molecule has 2 heterocycles. The summed E-state index contributed by atoms with van der Waals surface area (Å²) in [5.41, 5.74) is 0.968. The molecule has 9 nitrogen and oxygen atoms in total. The van der Waals surface area contributed by atoms with Crippen molar-refractivity contribution in [3.05, 3.63) is 54.0 Å². The molecule has 1 amide bonds. The molecule has 0 unspecified atom stereocenters. The number of amides is 1. The second kappa shape index (κ2) is 11.9. The Hall–Kier alpha value is -3.92. The number of hydrogen-bond acceptors (Lipinski definition) is 9. The van der Waals surface area contributed by atoms with Crippen molar-refractivity contribution in [1.29, 1.82) is 0 Å². The molecule has 0 bridgehead atoms. The fourth-order valence-corrected chi connectivity index (χ4v) is 4.91. The van der Waals surface area contributed by atoms with E-state index in [1.54, 1.807) is 49.6 Å². The molecule has 0 saturated carbocycles. The van der Waals surface area contributed by atoms with Gasteiger partial charge in [0.25, 0.3) is 5.91 Å². The molecule has 4 rings (SSSR count). The molecule has 37 heavy (non-hydrogen) atoms. The summed E-state index contributed by atoms with van der Waals surface area (Å²) in [6, 6.07) is 10.5. The van der Waals surface area contributed by atoms with Crippen LogP contribution in [-0.4, -0.2) is 44.9 Å². The maximum absolute atomic E-state index is 14.1. The molecule has 0 N–H and O–H groups in total. The largest absolute Gasteiger partial charge is 0.495 e. The zero-order chi connectivity index (χ0) is 26.4. The predicted octanol–water partition coefficient (Wildman–Crippen LogP) is 5.95. The highest BCUT2D eigenvalue weighted by atomic mass is 32.1. The second-order valence-corrected chi connectivity index (χ2v) is 8.69. The van der Waals surface area contributed by atoms with E-state index in [0.29, 0.717) is 70.5 Å². The summed E-state index contributed by atoms with van der Waals surface area (Å²) in [5.74, 6) is 2.86. The normalized spacial score (nSPS) is 10.8. The Balaban J connectivity index is 1.85. The first-order valence-corrected chi connectivity index (χ1v) is 12.8. The van der Waals surface area contributed by atoms with Crippen LogP contribution < -0.4 is 28.6 Å². The number of benzene rings is 2. The molecule has 10 heteroatoms. The summed E-state index contributed by atoms with van der Waals surface area (Å²) in [6.07, 6.45) is 1.57. The molecule has 0 atom stereocenters. The Bertz CT molecular complexity index is 1280. The van der Waals surface area contributed by atoms with E-state index in [-0.39, 0.29) is 12.5 Å². The van der Waals surface area contributed by atoms with E-state index in [4.69, 9.17) is 33.1 Å². The van der Waals surface area contributed by atoms with Crippen LogP contribution in [0.3, 0.4) is 0 Å². The van der Waals surface area contributed by atoms with Crippen molar-refractivity contribution >= 4 is 32.6 Å². The Morgan fingerprint density at radius 2 is 1.57 bits per heavy atom. The number of anilines is 1. The quantitative estimate of drug-likeness (QED) is 0.224. The summed E-state index contributed by atoms with van der Waals surface area (Å²) in [4.78, 5) is 20.4. The number of rotatable bonds is 12. The van der Waals surface area contributed by atoms with E-state index in [1.165, 1.54) is 11.3 Å². The number of hydrogen-bond donors (Lipinski definition) is 0. The van der Waals surface area contributed by atoms with Crippen molar-refractivity contribution < 1.29 is 32.9 Å². The lowest BCUT2D eigenvalue weighted by Gasteiger charge is -2.21. The number of ether oxygens (including phenoxy) is 5. The molecule has 4 aromatic rings. The van der Waals surface area contributed by atoms with Gasteiger partial charge in [0.1, 0.15) is 27.5 Å². The van der Waals surface area contributed by atoms with Gasteiger partial charge in [0.15, 0.2) is 16.6 Å². The van der Waals surface area contributed by atoms with Gasteiger partial charge in [0, 0.05) is 5.56 Å². The van der Waals surface area contributed by atoms with Crippen LogP contribution in [0.5, 0.6) is 28.7 Å². The van der Waals surface area contributed by atoms with Crippen LogP contribution in [0.2, 0.25) is 0 Å². The average Bonchev–Trinajstić information content (AvgIpc) is 3.58. The number of aromatic nitrogens is 1. The Morgan fingerprint density at radius 1 is 0.919 bits per heavy atom. The maximum atomic E-state index is 14.1. The van der Waals surface area contributed by atoms with Crippen molar-refractivity contribution in [3.8, 4) is 28.7 Å². The molecule has 0 radical (unpaired) electrons. The zero-order valence-electron chi connectivity index (χ0n) is 21.5. The van der Waals surface area contributed by atoms with Crippen LogP contribution in [0.1, 0.15) is 36.9 Å². The summed E-state index contributed by atoms with van der Waals surface area (Å²) >= 11 is 1.33. The van der Waals surface area contributed by atoms with Gasteiger partial charge in [-0.3, -0.25) is 9.69 Å². The van der Waals surface area contributed by atoms with Crippen LogP contribution in [0.4, 0.5) is 5.13 Å². The van der Waals surface area contributed by atoms with Gasteiger partial charge in [-0.25, -0.2) is 4.98 Å². The number of carbonyl (C=O) groups excluding carboxylic acids is 1. The summed E-state index contributed by atoms with van der Waals surface area (Å²) < 4.78 is 34.9. The van der Waals surface area contributed by atoms with E-state index >= 15 is 0 Å². The van der Waals surface area contributed by atoms with Gasteiger partial charge in [0.05, 0.1) is 46.8 Å². The second-order valence-electron chi connectivity index (χ2n) is 7.72. The lowest BCUT2D eigenvalue weighted by molar-refractivity contribution is 0.0982. The van der Waals surface area contributed by atoms with Gasteiger partial charge in [-0.2, -0.15) is 0 Å². The smallest absolute Gasteiger partial charge is 0.260 e. The SMILES string of the molecule is CCOc1cc(C(=O)N(Cc2ccco2)c2nc3c(OC)ccc(OC)c3s2)cc(OCC)c1OCC. The maximum Gasteiger partial charge on any atom is 0.260 e. The van der Waals surface area contributed by atoms with Gasteiger partial charge < -0.3 is 28.1 Å². The molecule has 2 aromatic carbocycles. The van der Waals surface area contributed by atoms with E-state index in [0.717, 1.165) is 4.70 Å². The molecule has 2 aromatic heterocycles. The standard InChI is InChI=1S/C27H30N2O7S/c1-6-33-21-14-17(15-22(34-7-2)24(21)35-8-3)26(30)29(16-18-10-9-13-36-18)27-28-23-19(31-4)11-12-20(32-5)25(23)37-27/h9-15H,6-8,16H2,1-5H3. The number of carbonyl (C=O) groups is 1. The molecule has 0 aliphatic carbocycles. The third-order valence-corrected chi connectivity index (χ3v) is 6.52. The third-order valence-electron chi connectivity index (χ3n) is 5.43. The highest BCUT2D eigenvalue weighted by Gasteiger charge is 2.27. The minimum absolute atomic E-state index is 0.164. The molecule has 196 valence electrons. The summed E-state index contributed by atoms with van der Waals surface area (Å²) in [5, 5.41) is 0.462. The van der Waals surface area contributed by atoms with Crippen molar-refractivity contribution in [2.75, 3.05) is 38.9 Å². The van der Waals surface area contributed by atoms with Crippen LogP contribution in [0, 0.1) is 0 Å². The minimum Gasteiger partial charge on any atom is -0.495 e. The van der Waals surface area contributed by atoms with Crippen LogP contribution in [-0.2, 0) is 6.54 Å². The molecule has 0 aliphatic rings. The van der Waals surface area contributed by atoms with E-state index in [2.05, 4.69) is 0 Å². The first-order valence-electron chi connectivity index (χ1n) is 12.0. The summed E-state index contributed by atoms with van der Waals surface area (Å²) in [6.45, 7) is 7.01. The number of methoxy groups -OCH3 is 2. The Kier molecular flexibility index (Phi) is 8.39. The predicted molar refractivity (Wildman–Crippen MR) is 142 cm³/mol. The van der Waals surface area contributed by atoms with Gasteiger partial charge in [-0.1, -0.05) is 11.3 Å². The fraction of sp³-hybridized carbons (Fsp3) is 0.333. The average molecular weight is 527 g/mol. The topological polar surface area (TPSA) is 92.5 Å². The zero-order valence-corrected chi connectivity index (χ0v) is 22.3.